The molecule has 0 saturated heterocycles. The summed E-state index contributed by atoms with van der Waals surface area (Å²) in [5, 5.41) is 5.73. The lowest BCUT2D eigenvalue weighted by atomic mass is 10.1. The summed E-state index contributed by atoms with van der Waals surface area (Å²) in [6.07, 6.45) is 6.07. The molecule has 0 aliphatic heterocycles. The summed E-state index contributed by atoms with van der Waals surface area (Å²) in [5.74, 6) is 0.983. The number of hydrogen-bond donors (Lipinski definition) is 2. The van der Waals surface area contributed by atoms with Gasteiger partial charge in [0.15, 0.2) is 0 Å². The Morgan fingerprint density at radius 2 is 2.00 bits per heavy atom. The molecule has 1 heterocycles. The van der Waals surface area contributed by atoms with E-state index in [1.165, 1.54) is 25.7 Å². The summed E-state index contributed by atoms with van der Waals surface area (Å²) in [7, 11) is 0. The predicted octanol–water partition coefficient (Wildman–Crippen LogP) is 1.77. The zero-order chi connectivity index (χ0) is 8.81. The van der Waals surface area contributed by atoms with Crippen molar-refractivity contribution in [1.82, 2.24) is 15.2 Å². The lowest BCUT2D eigenvalue weighted by Crippen LogP contribution is -1.88. The molecule has 0 atom stereocenters. The normalized spacial score (nSPS) is 9.62. The van der Waals surface area contributed by atoms with E-state index in [1.807, 2.05) is 0 Å². The molecule has 0 aliphatic carbocycles. The van der Waals surface area contributed by atoms with E-state index in [9.17, 15) is 0 Å². The number of aromatic nitrogens is 3. The third-order valence-electron chi connectivity index (χ3n) is 1.82. The summed E-state index contributed by atoms with van der Waals surface area (Å²) in [6.45, 7) is 2.21. The van der Waals surface area contributed by atoms with Crippen LogP contribution in [-0.2, 0) is 6.42 Å². The van der Waals surface area contributed by atoms with Gasteiger partial charge in [-0.2, -0.15) is 0 Å². The van der Waals surface area contributed by atoms with Gasteiger partial charge in [0.1, 0.15) is 5.82 Å². The van der Waals surface area contributed by atoms with Crippen molar-refractivity contribution in [2.24, 2.45) is 0 Å². The topological polar surface area (TPSA) is 76.0 Å². The fourth-order valence-corrected chi connectivity index (χ4v) is 1.30. The standard InChI is InChI=1S/C8H15N3S.H2O/c1-2-3-4-5-6-7-9-8(12)11-10-7;/h2-6H2,1H3,(H2,9,10,11,12);1H2. The lowest BCUT2D eigenvalue weighted by molar-refractivity contribution is 0.653. The van der Waals surface area contributed by atoms with Crippen molar-refractivity contribution in [2.45, 2.75) is 39.0 Å². The summed E-state index contributed by atoms with van der Waals surface area (Å²) in [4.78, 5) is 4.11. The van der Waals surface area contributed by atoms with Crippen LogP contribution in [0.3, 0.4) is 0 Å². The molecule has 0 bridgehead atoms. The number of nitrogens with zero attached hydrogens (tertiary/aromatic N) is 1. The van der Waals surface area contributed by atoms with E-state index in [0.717, 1.165) is 12.2 Å². The highest BCUT2D eigenvalue weighted by atomic mass is 32.1. The second-order valence-electron chi connectivity index (χ2n) is 2.92. The van der Waals surface area contributed by atoms with E-state index in [1.54, 1.807) is 0 Å². The van der Waals surface area contributed by atoms with Crippen LogP contribution in [0.5, 0.6) is 0 Å². The molecule has 0 unspecified atom stereocenters. The number of rotatable bonds is 5. The van der Waals surface area contributed by atoms with Crippen LogP contribution in [0.15, 0.2) is 0 Å². The van der Waals surface area contributed by atoms with Gasteiger partial charge in [-0.05, 0) is 18.6 Å². The largest absolute Gasteiger partial charge is 0.412 e. The van der Waals surface area contributed by atoms with Gasteiger partial charge in [-0.15, -0.1) is 0 Å². The van der Waals surface area contributed by atoms with E-state index >= 15 is 0 Å². The average molecular weight is 203 g/mol. The molecule has 0 spiro atoms. The second kappa shape index (κ2) is 6.80. The van der Waals surface area contributed by atoms with Crippen molar-refractivity contribution in [2.75, 3.05) is 0 Å². The number of aryl methyl sites for hydroxylation is 1. The third-order valence-corrected chi connectivity index (χ3v) is 2.01. The van der Waals surface area contributed by atoms with E-state index in [4.69, 9.17) is 12.2 Å². The Hall–Kier alpha value is -0.680. The molecule has 0 radical (unpaired) electrons. The monoisotopic (exact) mass is 203 g/mol. The van der Waals surface area contributed by atoms with Crippen molar-refractivity contribution >= 4 is 12.2 Å². The molecule has 1 aromatic heterocycles. The first-order chi connectivity index (χ1) is 5.83. The first-order valence-corrected chi connectivity index (χ1v) is 4.87. The number of nitrogens with one attached hydrogen (secondary N) is 2. The van der Waals surface area contributed by atoms with Crippen molar-refractivity contribution in [3.05, 3.63) is 10.6 Å². The van der Waals surface area contributed by atoms with Gasteiger partial charge in [-0.25, -0.2) is 4.98 Å². The minimum atomic E-state index is 0. The molecular weight excluding hydrogens is 186 g/mol. The molecule has 0 aliphatic rings. The Kier molecular flexibility index (Phi) is 6.44. The number of H-pyrrole nitrogens is 2. The zero-order valence-corrected chi connectivity index (χ0v) is 8.71. The Balaban J connectivity index is 0.00000144. The maximum Gasteiger partial charge on any atom is 0.213 e. The maximum absolute atomic E-state index is 4.84. The molecular formula is C8H17N3OS. The molecule has 0 saturated carbocycles. The zero-order valence-electron chi connectivity index (χ0n) is 7.89. The van der Waals surface area contributed by atoms with E-state index < -0.39 is 0 Å². The fourth-order valence-electron chi connectivity index (χ4n) is 1.14. The van der Waals surface area contributed by atoms with Crippen LogP contribution in [0.1, 0.15) is 38.4 Å². The fraction of sp³-hybridized carbons (Fsp3) is 0.750. The van der Waals surface area contributed by atoms with Crippen LogP contribution in [0.2, 0.25) is 0 Å². The molecule has 4 N–H and O–H groups in total. The predicted molar refractivity (Wildman–Crippen MR) is 55.2 cm³/mol. The Morgan fingerprint density at radius 3 is 2.54 bits per heavy atom. The molecule has 1 rings (SSSR count). The van der Waals surface area contributed by atoms with Gasteiger partial charge in [0, 0.05) is 6.42 Å². The molecule has 0 amide bonds. The van der Waals surface area contributed by atoms with Gasteiger partial charge in [0.05, 0.1) is 0 Å². The van der Waals surface area contributed by atoms with Crippen LogP contribution < -0.4 is 0 Å². The summed E-state index contributed by atoms with van der Waals surface area (Å²) in [5.41, 5.74) is 0. The van der Waals surface area contributed by atoms with E-state index in [-0.39, 0.29) is 5.48 Å². The SMILES string of the molecule is CCCCCCc1nc(=S)[nH][nH]1.O. The van der Waals surface area contributed by atoms with Gasteiger partial charge in [0.2, 0.25) is 4.77 Å². The van der Waals surface area contributed by atoms with Crippen molar-refractivity contribution in [3.63, 3.8) is 0 Å². The quantitative estimate of drug-likeness (QED) is 0.565. The van der Waals surface area contributed by atoms with Crippen molar-refractivity contribution < 1.29 is 5.48 Å². The molecule has 4 nitrogen and oxygen atoms in total. The van der Waals surface area contributed by atoms with Crippen LogP contribution in [-0.4, -0.2) is 20.7 Å². The van der Waals surface area contributed by atoms with Gasteiger partial charge >= 0.3 is 0 Å². The van der Waals surface area contributed by atoms with Gasteiger partial charge < -0.3 is 5.48 Å². The third kappa shape index (κ3) is 4.80. The van der Waals surface area contributed by atoms with E-state index in [0.29, 0.717) is 4.77 Å². The Labute approximate surface area is 83.1 Å². The smallest absolute Gasteiger partial charge is 0.213 e. The molecule has 1 aromatic rings. The second-order valence-corrected chi connectivity index (χ2v) is 3.31. The van der Waals surface area contributed by atoms with Crippen LogP contribution >= 0.6 is 12.2 Å². The summed E-state index contributed by atoms with van der Waals surface area (Å²) >= 11 is 4.84. The minimum absolute atomic E-state index is 0. The number of unbranched alkanes of at least 4 members (excludes halogenated alkanes) is 3. The lowest BCUT2D eigenvalue weighted by Gasteiger charge is -1.95. The molecule has 0 aromatic carbocycles. The van der Waals surface area contributed by atoms with Crippen LogP contribution in [0.4, 0.5) is 0 Å². The van der Waals surface area contributed by atoms with Crippen molar-refractivity contribution in [3.8, 4) is 0 Å². The number of aromatic amines is 2. The maximum atomic E-state index is 4.84. The van der Waals surface area contributed by atoms with Crippen molar-refractivity contribution in [1.29, 1.82) is 0 Å². The first kappa shape index (κ1) is 12.3. The molecule has 76 valence electrons. The summed E-state index contributed by atoms with van der Waals surface area (Å²) in [6, 6.07) is 0. The molecule has 5 heteroatoms. The molecule has 13 heavy (non-hydrogen) atoms. The van der Waals surface area contributed by atoms with Crippen LogP contribution in [0, 0.1) is 4.77 Å². The highest BCUT2D eigenvalue weighted by molar-refractivity contribution is 7.71. The highest BCUT2D eigenvalue weighted by Gasteiger charge is 1.95. The van der Waals surface area contributed by atoms with Gasteiger partial charge in [-0.1, -0.05) is 26.2 Å². The summed E-state index contributed by atoms with van der Waals surface area (Å²) < 4.78 is 0.556. The average Bonchev–Trinajstić information content (AvgIpc) is 2.45. The van der Waals surface area contributed by atoms with E-state index in [2.05, 4.69) is 22.1 Å². The minimum Gasteiger partial charge on any atom is -0.412 e. The molecule has 0 fully saturated rings. The van der Waals surface area contributed by atoms with Gasteiger partial charge in [-0.3, -0.25) is 10.2 Å². The first-order valence-electron chi connectivity index (χ1n) is 4.46. The van der Waals surface area contributed by atoms with Crippen LogP contribution in [0.25, 0.3) is 0 Å². The van der Waals surface area contributed by atoms with Gasteiger partial charge in [0.25, 0.3) is 0 Å². The Bertz CT molecular complexity index is 268. The number of hydrogen-bond acceptors (Lipinski definition) is 2. The highest BCUT2D eigenvalue weighted by Crippen LogP contribution is 2.02. The Morgan fingerprint density at radius 1 is 1.23 bits per heavy atom.